The molecular formula is C20H16Cl2O3. The molecule has 0 saturated carbocycles. The van der Waals surface area contributed by atoms with Crippen molar-refractivity contribution in [1.29, 1.82) is 0 Å². The van der Waals surface area contributed by atoms with Gasteiger partial charge < -0.3 is 4.74 Å². The van der Waals surface area contributed by atoms with E-state index >= 15 is 0 Å². The van der Waals surface area contributed by atoms with E-state index in [1.54, 1.807) is 43.3 Å². The number of allylic oxidation sites excluding steroid dienone is 1. The summed E-state index contributed by atoms with van der Waals surface area (Å²) in [6, 6.07) is 13.8. The van der Waals surface area contributed by atoms with Gasteiger partial charge in [0.05, 0.1) is 5.92 Å². The molecule has 128 valence electrons. The van der Waals surface area contributed by atoms with Crippen molar-refractivity contribution in [3.8, 4) is 0 Å². The molecule has 0 unspecified atom stereocenters. The second kappa shape index (κ2) is 7.03. The molecule has 0 N–H and O–H groups in total. The first-order valence-corrected chi connectivity index (χ1v) is 8.57. The Kier molecular flexibility index (Phi) is 4.98. The van der Waals surface area contributed by atoms with Gasteiger partial charge in [0.2, 0.25) is 5.78 Å². The third kappa shape index (κ3) is 3.48. The largest absolute Gasteiger partial charge is 0.485 e. The molecule has 1 aliphatic heterocycles. The Morgan fingerprint density at radius 1 is 0.920 bits per heavy atom. The zero-order valence-electron chi connectivity index (χ0n) is 13.8. The Labute approximate surface area is 156 Å². The fourth-order valence-electron chi connectivity index (χ4n) is 3.15. The summed E-state index contributed by atoms with van der Waals surface area (Å²) in [6.45, 7) is 3.20. The number of rotatable bonds is 4. The van der Waals surface area contributed by atoms with Gasteiger partial charge in [-0.1, -0.05) is 35.3 Å². The number of ketones is 2. The zero-order chi connectivity index (χ0) is 18.1. The van der Waals surface area contributed by atoms with Crippen LogP contribution in [0.3, 0.4) is 0 Å². The molecule has 0 radical (unpaired) electrons. The number of carbonyl (C=O) groups is 2. The molecule has 0 saturated heterocycles. The van der Waals surface area contributed by atoms with Gasteiger partial charge in [0.25, 0.3) is 0 Å². The summed E-state index contributed by atoms with van der Waals surface area (Å²) < 4.78 is 5.82. The molecule has 3 rings (SSSR count). The fourth-order valence-corrected chi connectivity index (χ4v) is 3.41. The predicted octanol–water partition coefficient (Wildman–Crippen LogP) is 5.22. The van der Waals surface area contributed by atoms with E-state index < -0.39 is 12.0 Å². The van der Waals surface area contributed by atoms with E-state index in [1.165, 1.54) is 6.92 Å². The first-order valence-electron chi connectivity index (χ1n) is 7.82. The Hall–Kier alpha value is -2.10. The summed E-state index contributed by atoms with van der Waals surface area (Å²) in [7, 11) is 0. The van der Waals surface area contributed by atoms with Gasteiger partial charge >= 0.3 is 0 Å². The molecule has 1 heterocycles. The van der Waals surface area contributed by atoms with Gasteiger partial charge in [0, 0.05) is 21.2 Å². The fraction of sp³-hybridized carbons (Fsp3) is 0.200. The van der Waals surface area contributed by atoms with Crippen LogP contribution in [0.25, 0.3) is 0 Å². The Morgan fingerprint density at radius 2 is 1.44 bits per heavy atom. The predicted molar refractivity (Wildman–Crippen MR) is 98.2 cm³/mol. The Balaban J connectivity index is 2.03. The lowest BCUT2D eigenvalue weighted by Gasteiger charge is -2.20. The standard InChI is InChI=1S/C20H16Cl2O3/c1-11(23)17-12(2)25-20(18(17)13-3-7-15(21)8-4-13)19(24)14-5-9-16(22)10-6-14/h3-10,18,20H,1-2H3/t18-,20-/m1/s1. The quantitative estimate of drug-likeness (QED) is 0.688. The van der Waals surface area contributed by atoms with Crippen LogP contribution in [0.1, 0.15) is 35.7 Å². The molecule has 5 heteroatoms. The van der Waals surface area contributed by atoms with Crippen molar-refractivity contribution < 1.29 is 14.3 Å². The summed E-state index contributed by atoms with van der Waals surface area (Å²) in [5, 5.41) is 1.14. The maximum absolute atomic E-state index is 13.0. The summed E-state index contributed by atoms with van der Waals surface area (Å²) in [5.41, 5.74) is 1.83. The summed E-state index contributed by atoms with van der Waals surface area (Å²) in [6.07, 6.45) is -0.791. The van der Waals surface area contributed by atoms with Gasteiger partial charge in [-0.15, -0.1) is 0 Å². The first kappa shape index (κ1) is 17.7. The lowest BCUT2D eigenvalue weighted by Crippen LogP contribution is -2.28. The number of benzene rings is 2. The molecule has 2 aromatic carbocycles. The van der Waals surface area contributed by atoms with Crippen LogP contribution >= 0.6 is 23.2 Å². The number of Topliss-reactive ketones (excluding diaryl/α,β-unsaturated/α-hetero) is 2. The van der Waals surface area contributed by atoms with Crippen molar-refractivity contribution in [3.05, 3.63) is 81.0 Å². The SMILES string of the molecule is CC(=O)C1=C(C)O[C@@H](C(=O)c2ccc(Cl)cc2)[C@@H]1c1ccc(Cl)cc1. The van der Waals surface area contributed by atoms with Crippen molar-refractivity contribution in [2.45, 2.75) is 25.9 Å². The maximum Gasteiger partial charge on any atom is 0.204 e. The number of halogens is 2. The zero-order valence-corrected chi connectivity index (χ0v) is 15.3. The minimum atomic E-state index is -0.791. The van der Waals surface area contributed by atoms with Gasteiger partial charge in [-0.05, 0) is 55.8 Å². The normalized spacial score (nSPS) is 19.7. The van der Waals surface area contributed by atoms with Crippen molar-refractivity contribution in [2.75, 3.05) is 0 Å². The molecular weight excluding hydrogens is 359 g/mol. The minimum absolute atomic E-state index is 0.108. The van der Waals surface area contributed by atoms with Gasteiger partial charge in [0.15, 0.2) is 11.9 Å². The molecule has 1 aliphatic rings. The van der Waals surface area contributed by atoms with Crippen LogP contribution in [-0.4, -0.2) is 17.7 Å². The summed E-state index contributed by atoms with van der Waals surface area (Å²) in [4.78, 5) is 25.2. The topological polar surface area (TPSA) is 43.4 Å². The summed E-state index contributed by atoms with van der Waals surface area (Å²) >= 11 is 11.9. The van der Waals surface area contributed by atoms with Crippen LogP contribution in [0.15, 0.2) is 59.9 Å². The molecule has 2 atom stereocenters. The second-order valence-electron chi connectivity index (χ2n) is 5.96. The average molecular weight is 375 g/mol. The van der Waals surface area contributed by atoms with Crippen molar-refractivity contribution >= 4 is 34.8 Å². The Morgan fingerprint density at radius 3 is 1.96 bits per heavy atom. The van der Waals surface area contributed by atoms with Crippen LogP contribution in [0.5, 0.6) is 0 Å². The molecule has 0 aliphatic carbocycles. The number of ether oxygens (including phenoxy) is 1. The van der Waals surface area contributed by atoms with Crippen molar-refractivity contribution in [1.82, 2.24) is 0 Å². The molecule has 3 nitrogen and oxygen atoms in total. The number of hydrogen-bond donors (Lipinski definition) is 0. The molecule has 0 aromatic heterocycles. The van der Waals surface area contributed by atoms with Gasteiger partial charge in [-0.2, -0.15) is 0 Å². The lowest BCUT2D eigenvalue weighted by atomic mass is 9.83. The third-order valence-electron chi connectivity index (χ3n) is 4.29. The van der Waals surface area contributed by atoms with E-state index in [4.69, 9.17) is 27.9 Å². The highest BCUT2D eigenvalue weighted by atomic mass is 35.5. The van der Waals surface area contributed by atoms with E-state index in [0.29, 0.717) is 26.9 Å². The van der Waals surface area contributed by atoms with E-state index in [-0.39, 0.29) is 11.6 Å². The molecule has 2 aromatic rings. The van der Waals surface area contributed by atoms with Crippen LogP contribution in [0.2, 0.25) is 10.0 Å². The maximum atomic E-state index is 13.0. The van der Waals surface area contributed by atoms with E-state index in [1.807, 2.05) is 12.1 Å². The van der Waals surface area contributed by atoms with Crippen LogP contribution in [0.4, 0.5) is 0 Å². The lowest BCUT2D eigenvalue weighted by molar-refractivity contribution is -0.113. The van der Waals surface area contributed by atoms with Crippen LogP contribution in [-0.2, 0) is 9.53 Å². The van der Waals surface area contributed by atoms with Crippen LogP contribution < -0.4 is 0 Å². The summed E-state index contributed by atoms with van der Waals surface area (Å²) in [5.74, 6) is -0.270. The third-order valence-corrected chi connectivity index (χ3v) is 4.80. The molecule has 0 bridgehead atoms. The van der Waals surface area contributed by atoms with Gasteiger partial charge in [-0.25, -0.2) is 0 Å². The average Bonchev–Trinajstić information content (AvgIpc) is 2.93. The smallest absolute Gasteiger partial charge is 0.204 e. The van der Waals surface area contributed by atoms with Crippen molar-refractivity contribution in [3.63, 3.8) is 0 Å². The minimum Gasteiger partial charge on any atom is -0.485 e. The molecule has 0 fully saturated rings. The second-order valence-corrected chi connectivity index (χ2v) is 6.84. The number of hydrogen-bond acceptors (Lipinski definition) is 3. The van der Waals surface area contributed by atoms with Crippen molar-refractivity contribution in [2.24, 2.45) is 0 Å². The van der Waals surface area contributed by atoms with Gasteiger partial charge in [-0.3, -0.25) is 9.59 Å². The molecule has 0 amide bonds. The number of carbonyl (C=O) groups excluding carboxylic acids is 2. The highest BCUT2D eigenvalue weighted by Crippen LogP contribution is 2.41. The highest BCUT2D eigenvalue weighted by Gasteiger charge is 2.42. The van der Waals surface area contributed by atoms with E-state index in [9.17, 15) is 9.59 Å². The Bertz CT molecular complexity index is 852. The highest BCUT2D eigenvalue weighted by molar-refractivity contribution is 6.31. The van der Waals surface area contributed by atoms with Gasteiger partial charge in [0.1, 0.15) is 5.76 Å². The molecule has 0 spiro atoms. The monoisotopic (exact) mass is 374 g/mol. The van der Waals surface area contributed by atoms with E-state index in [0.717, 1.165) is 5.56 Å². The first-order chi connectivity index (χ1) is 11.9. The molecule has 25 heavy (non-hydrogen) atoms. The van der Waals surface area contributed by atoms with E-state index in [2.05, 4.69) is 0 Å². The van der Waals surface area contributed by atoms with Crippen LogP contribution in [0, 0.1) is 0 Å².